The molecule has 0 amide bonds. The van der Waals surface area contributed by atoms with Gasteiger partial charge in [0.1, 0.15) is 5.25 Å². The summed E-state index contributed by atoms with van der Waals surface area (Å²) >= 11 is 0. The van der Waals surface area contributed by atoms with Crippen LogP contribution in [0.25, 0.3) is 0 Å². The second-order valence-corrected chi connectivity index (χ2v) is 10.7. The molecular formula is C22H31N3O3S. The molecule has 2 aromatic carbocycles. The number of anilines is 2. The fraction of sp³-hybridized carbons (Fsp3) is 0.455. The van der Waals surface area contributed by atoms with Crippen molar-refractivity contribution in [2.75, 3.05) is 37.4 Å². The lowest BCUT2D eigenvalue weighted by molar-refractivity contribution is -0.110. The normalized spacial score (nSPS) is 20.6. The predicted molar refractivity (Wildman–Crippen MR) is 119 cm³/mol. The maximum Gasteiger partial charge on any atom is 0.239 e. The lowest BCUT2D eigenvalue weighted by Gasteiger charge is -2.25. The number of rotatable bonds is 5. The Morgan fingerprint density at radius 1 is 1.03 bits per heavy atom. The second kappa shape index (κ2) is 7.97. The van der Waals surface area contributed by atoms with Gasteiger partial charge in [0.15, 0.2) is 0 Å². The maximum atomic E-state index is 13.1. The zero-order valence-corrected chi connectivity index (χ0v) is 18.8. The lowest BCUT2D eigenvalue weighted by Crippen LogP contribution is -2.35. The van der Waals surface area contributed by atoms with Crippen molar-refractivity contribution in [3.63, 3.8) is 0 Å². The molecule has 2 atom stereocenters. The molecule has 29 heavy (non-hydrogen) atoms. The lowest BCUT2D eigenvalue weighted by atomic mass is 9.86. The minimum Gasteiger partial charge on any atom is -0.378 e. The average Bonchev–Trinajstić information content (AvgIpc) is 3.04. The fourth-order valence-corrected chi connectivity index (χ4v) is 5.05. The highest BCUT2D eigenvalue weighted by atomic mass is 32.2. The zero-order chi connectivity index (χ0) is 21.4. The molecule has 1 heterocycles. The molecule has 1 aliphatic rings. The van der Waals surface area contributed by atoms with Crippen LogP contribution < -0.4 is 9.62 Å². The standard InChI is InChI=1S/C22H31N3O3S/c1-22(2,3)17-9-7-16(8-10-17)21-20(15-28-25(21)6)29(26,27)23-18-11-13-19(14-12-18)24(4)5/h7-14,20-21,23H,15H2,1-6H3/t20-,21-/m1/s1. The summed E-state index contributed by atoms with van der Waals surface area (Å²) in [7, 11) is 2.03. The summed E-state index contributed by atoms with van der Waals surface area (Å²) in [5, 5.41) is 0.937. The smallest absolute Gasteiger partial charge is 0.239 e. The van der Waals surface area contributed by atoms with E-state index in [0.29, 0.717) is 5.69 Å². The highest BCUT2D eigenvalue weighted by Gasteiger charge is 2.43. The van der Waals surface area contributed by atoms with Crippen molar-refractivity contribution in [2.24, 2.45) is 0 Å². The van der Waals surface area contributed by atoms with Crippen molar-refractivity contribution in [1.29, 1.82) is 0 Å². The highest BCUT2D eigenvalue weighted by Crippen LogP contribution is 2.35. The Morgan fingerprint density at radius 2 is 1.62 bits per heavy atom. The van der Waals surface area contributed by atoms with E-state index in [0.717, 1.165) is 11.3 Å². The first-order valence-corrected chi connectivity index (χ1v) is 11.3. The molecule has 1 fully saturated rings. The number of benzene rings is 2. The van der Waals surface area contributed by atoms with Crippen LogP contribution in [-0.2, 0) is 20.3 Å². The third-order valence-electron chi connectivity index (χ3n) is 5.35. The molecule has 1 N–H and O–H groups in total. The van der Waals surface area contributed by atoms with Crippen LogP contribution in [-0.4, -0.2) is 46.5 Å². The van der Waals surface area contributed by atoms with Gasteiger partial charge in [-0.25, -0.2) is 8.42 Å². The van der Waals surface area contributed by atoms with Gasteiger partial charge in [-0.15, -0.1) is 0 Å². The van der Waals surface area contributed by atoms with Gasteiger partial charge < -0.3 is 4.90 Å². The summed E-state index contributed by atoms with van der Waals surface area (Å²) in [6.07, 6.45) is 0. The molecule has 0 bridgehead atoms. The number of sulfonamides is 1. The van der Waals surface area contributed by atoms with Crippen LogP contribution in [0.4, 0.5) is 11.4 Å². The second-order valence-electron chi connectivity index (χ2n) is 8.79. The molecule has 1 aliphatic heterocycles. The number of hydrogen-bond acceptors (Lipinski definition) is 5. The highest BCUT2D eigenvalue weighted by molar-refractivity contribution is 7.93. The summed E-state index contributed by atoms with van der Waals surface area (Å²) in [4.78, 5) is 7.58. The Bertz CT molecular complexity index is 933. The molecule has 158 valence electrons. The van der Waals surface area contributed by atoms with Gasteiger partial charge >= 0.3 is 0 Å². The minimum absolute atomic E-state index is 0.0440. The Hall–Kier alpha value is -2.09. The first kappa shape index (κ1) is 21.6. The van der Waals surface area contributed by atoms with Crippen molar-refractivity contribution in [3.05, 3.63) is 59.7 Å². The summed E-state index contributed by atoms with van der Waals surface area (Å²) < 4.78 is 29.0. The monoisotopic (exact) mass is 417 g/mol. The van der Waals surface area contributed by atoms with E-state index >= 15 is 0 Å². The van der Waals surface area contributed by atoms with Gasteiger partial charge in [0.2, 0.25) is 10.0 Å². The molecular weight excluding hydrogens is 386 g/mol. The van der Waals surface area contributed by atoms with Gasteiger partial charge in [-0.3, -0.25) is 9.56 Å². The van der Waals surface area contributed by atoms with E-state index < -0.39 is 15.3 Å². The Morgan fingerprint density at radius 3 is 2.14 bits per heavy atom. The molecule has 0 aromatic heterocycles. The van der Waals surface area contributed by atoms with Gasteiger partial charge in [0.05, 0.1) is 12.6 Å². The van der Waals surface area contributed by atoms with Crippen LogP contribution in [0.5, 0.6) is 0 Å². The molecule has 0 aliphatic carbocycles. The number of hydrogen-bond donors (Lipinski definition) is 1. The van der Waals surface area contributed by atoms with E-state index in [1.54, 1.807) is 24.2 Å². The van der Waals surface area contributed by atoms with Gasteiger partial charge in [0, 0.05) is 32.5 Å². The van der Waals surface area contributed by atoms with Gasteiger partial charge in [-0.2, -0.15) is 5.06 Å². The minimum atomic E-state index is -3.65. The molecule has 0 spiro atoms. The van der Waals surface area contributed by atoms with Crippen LogP contribution in [0.3, 0.4) is 0 Å². The first-order chi connectivity index (χ1) is 13.5. The van der Waals surface area contributed by atoms with Crippen molar-refractivity contribution in [1.82, 2.24) is 5.06 Å². The summed E-state index contributed by atoms with van der Waals surface area (Å²) in [6.45, 7) is 6.59. The van der Waals surface area contributed by atoms with E-state index in [-0.39, 0.29) is 18.1 Å². The first-order valence-electron chi connectivity index (χ1n) is 9.74. The van der Waals surface area contributed by atoms with E-state index in [1.165, 1.54) is 5.56 Å². The van der Waals surface area contributed by atoms with Crippen molar-refractivity contribution < 1.29 is 13.3 Å². The Kier molecular flexibility index (Phi) is 5.94. The molecule has 3 rings (SSSR count). The third-order valence-corrected chi connectivity index (χ3v) is 7.06. The maximum absolute atomic E-state index is 13.1. The molecule has 0 unspecified atom stereocenters. The fourth-order valence-electron chi connectivity index (χ4n) is 3.53. The van der Waals surface area contributed by atoms with Crippen molar-refractivity contribution >= 4 is 21.4 Å². The summed E-state index contributed by atoms with van der Waals surface area (Å²) in [5.41, 5.74) is 3.74. The molecule has 6 nitrogen and oxygen atoms in total. The number of hydroxylamine groups is 2. The predicted octanol–water partition coefficient (Wildman–Crippen LogP) is 3.78. The van der Waals surface area contributed by atoms with Crippen LogP contribution in [0, 0.1) is 0 Å². The molecule has 0 radical (unpaired) electrons. The molecule has 7 heteroatoms. The van der Waals surface area contributed by atoms with Crippen LogP contribution in [0.1, 0.15) is 37.9 Å². The SMILES string of the molecule is CN(C)c1ccc(NS(=O)(=O)[C@@H]2CON(C)[C@@H]2c2ccc(C(C)(C)C)cc2)cc1. The average molecular weight is 418 g/mol. The third kappa shape index (κ3) is 4.74. The largest absolute Gasteiger partial charge is 0.378 e. The van der Waals surface area contributed by atoms with Gasteiger partial charge in [0.25, 0.3) is 0 Å². The van der Waals surface area contributed by atoms with E-state index in [9.17, 15) is 8.42 Å². The van der Waals surface area contributed by atoms with Crippen molar-refractivity contribution in [2.45, 2.75) is 37.5 Å². The molecule has 1 saturated heterocycles. The Balaban J connectivity index is 1.84. The summed E-state index contributed by atoms with van der Waals surface area (Å²) in [5.74, 6) is 0. The number of nitrogens with zero attached hydrogens (tertiary/aromatic N) is 2. The summed E-state index contributed by atoms with van der Waals surface area (Å²) in [6, 6.07) is 15.1. The van der Waals surface area contributed by atoms with Gasteiger partial charge in [-0.05, 0) is 40.8 Å². The number of nitrogens with one attached hydrogen (secondary N) is 1. The zero-order valence-electron chi connectivity index (χ0n) is 18.0. The molecule has 0 saturated carbocycles. The van der Waals surface area contributed by atoms with Crippen LogP contribution in [0.15, 0.2) is 48.5 Å². The van der Waals surface area contributed by atoms with E-state index in [4.69, 9.17) is 4.84 Å². The topological polar surface area (TPSA) is 61.9 Å². The molecule has 2 aromatic rings. The van der Waals surface area contributed by atoms with E-state index in [2.05, 4.69) is 37.6 Å². The van der Waals surface area contributed by atoms with Crippen LogP contribution >= 0.6 is 0 Å². The van der Waals surface area contributed by atoms with Crippen LogP contribution in [0.2, 0.25) is 0 Å². The van der Waals surface area contributed by atoms with E-state index in [1.807, 2.05) is 43.3 Å². The van der Waals surface area contributed by atoms with Gasteiger partial charge in [-0.1, -0.05) is 45.0 Å². The quantitative estimate of drug-likeness (QED) is 0.802. The Labute approximate surface area is 174 Å². The van der Waals surface area contributed by atoms with Crippen molar-refractivity contribution in [3.8, 4) is 0 Å².